The molecule has 0 bridgehead atoms. The molecule has 1 fully saturated rings. The van der Waals surface area contributed by atoms with E-state index in [1.54, 1.807) is 12.1 Å². The third-order valence-corrected chi connectivity index (χ3v) is 6.04. The van der Waals surface area contributed by atoms with Gasteiger partial charge in [-0.2, -0.15) is 0 Å². The number of nitrogens with zero attached hydrogens (tertiary/aromatic N) is 2. The Kier molecular flexibility index (Phi) is 8.73. The molecule has 0 aliphatic carbocycles. The zero-order valence-corrected chi connectivity index (χ0v) is 18.7. The average molecular weight is 462 g/mol. The quantitative estimate of drug-likeness (QED) is 0.477. The third-order valence-electron chi connectivity index (χ3n) is 4.87. The maximum atomic E-state index is 6.41. The number of rotatable bonds is 8. The molecule has 0 atom stereocenters. The molecule has 7 heteroatoms. The van der Waals surface area contributed by atoms with Gasteiger partial charge in [0.05, 0.1) is 13.2 Å². The standard InChI is InChI=1S/C21H24Cl4N2O/c22-18-4-2-16(20(24)12-18)14-27(7-1-6-26-8-10-28-11-9-26)15-17-3-5-19(23)13-21(17)25/h2-5,12-13H,1,6-11,14-15H2. The molecule has 0 unspecified atom stereocenters. The topological polar surface area (TPSA) is 15.7 Å². The lowest BCUT2D eigenvalue weighted by molar-refractivity contribution is 0.0359. The molecule has 152 valence electrons. The number of hydrogen-bond acceptors (Lipinski definition) is 3. The highest BCUT2D eigenvalue weighted by Gasteiger charge is 2.14. The summed E-state index contributed by atoms with van der Waals surface area (Å²) in [6, 6.07) is 11.3. The minimum atomic E-state index is 0.647. The van der Waals surface area contributed by atoms with E-state index in [0.717, 1.165) is 70.0 Å². The number of ether oxygens (including phenoxy) is 1. The molecule has 0 amide bonds. The fourth-order valence-electron chi connectivity index (χ4n) is 3.34. The zero-order valence-electron chi connectivity index (χ0n) is 15.6. The minimum Gasteiger partial charge on any atom is -0.379 e. The lowest BCUT2D eigenvalue weighted by Gasteiger charge is -2.28. The van der Waals surface area contributed by atoms with Crippen LogP contribution in [-0.2, 0) is 17.8 Å². The van der Waals surface area contributed by atoms with Gasteiger partial charge in [-0.05, 0) is 48.4 Å². The number of morpholine rings is 1. The van der Waals surface area contributed by atoms with E-state index in [1.807, 2.05) is 24.3 Å². The van der Waals surface area contributed by atoms with E-state index >= 15 is 0 Å². The van der Waals surface area contributed by atoms with Gasteiger partial charge in [0.1, 0.15) is 0 Å². The summed E-state index contributed by atoms with van der Waals surface area (Å²) in [6.07, 6.45) is 1.07. The molecular weight excluding hydrogens is 438 g/mol. The van der Waals surface area contributed by atoms with Gasteiger partial charge in [-0.25, -0.2) is 0 Å². The van der Waals surface area contributed by atoms with E-state index in [0.29, 0.717) is 20.1 Å². The van der Waals surface area contributed by atoms with Crippen molar-refractivity contribution in [3.05, 3.63) is 67.6 Å². The van der Waals surface area contributed by atoms with Crippen LogP contribution in [0.1, 0.15) is 17.5 Å². The predicted octanol–water partition coefficient (Wildman–Crippen LogP) is 6.02. The summed E-state index contributed by atoms with van der Waals surface area (Å²) < 4.78 is 5.43. The van der Waals surface area contributed by atoms with Crippen molar-refractivity contribution in [1.29, 1.82) is 0 Å². The van der Waals surface area contributed by atoms with E-state index in [1.165, 1.54) is 0 Å². The van der Waals surface area contributed by atoms with Gasteiger partial charge in [0.25, 0.3) is 0 Å². The summed E-state index contributed by atoms with van der Waals surface area (Å²) >= 11 is 24.9. The minimum absolute atomic E-state index is 0.647. The molecular formula is C21H24Cl4N2O. The highest BCUT2D eigenvalue weighted by atomic mass is 35.5. The van der Waals surface area contributed by atoms with Crippen LogP contribution < -0.4 is 0 Å². The monoisotopic (exact) mass is 460 g/mol. The van der Waals surface area contributed by atoms with Crippen LogP contribution in [0, 0.1) is 0 Å². The lowest BCUT2D eigenvalue weighted by atomic mass is 10.1. The van der Waals surface area contributed by atoms with Gasteiger partial charge in [-0.3, -0.25) is 9.80 Å². The van der Waals surface area contributed by atoms with Crippen molar-refractivity contribution in [2.45, 2.75) is 19.5 Å². The molecule has 0 N–H and O–H groups in total. The average Bonchev–Trinajstić information content (AvgIpc) is 2.67. The first kappa shape index (κ1) is 22.2. The van der Waals surface area contributed by atoms with Gasteiger partial charge in [-0.15, -0.1) is 0 Å². The van der Waals surface area contributed by atoms with Crippen molar-refractivity contribution in [1.82, 2.24) is 9.80 Å². The van der Waals surface area contributed by atoms with Gasteiger partial charge >= 0.3 is 0 Å². The summed E-state index contributed by atoms with van der Waals surface area (Å²) in [5.74, 6) is 0. The molecule has 0 aromatic heterocycles. The number of halogens is 4. The molecule has 3 rings (SSSR count). The summed E-state index contributed by atoms with van der Waals surface area (Å²) in [4.78, 5) is 4.82. The van der Waals surface area contributed by atoms with Crippen molar-refractivity contribution < 1.29 is 4.74 Å². The second kappa shape index (κ2) is 11.0. The Morgan fingerprint density at radius 1 is 0.821 bits per heavy atom. The molecule has 1 heterocycles. The van der Waals surface area contributed by atoms with Crippen LogP contribution in [0.3, 0.4) is 0 Å². The fraction of sp³-hybridized carbons (Fsp3) is 0.429. The predicted molar refractivity (Wildman–Crippen MR) is 119 cm³/mol. The molecule has 28 heavy (non-hydrogen) atoms. The van der Waals surface area contributed by atoms with Crippen LogP contribution in [0.5, 0.6) is 0 Å². The third kappa shape index (κ3) is 6.77. The SMILES string of the molecule is Clc1ccc(CN(CCCN2CCOCC2)Cc2ccc(Cl)cc2Cl)c(Cl)c1. The summed E-state index contributed by atoms with van der Waals surface area (Å²) in [6.45, 7) is 7.13. The van der Waals surface area contributed by atoms with Crippen molar-refractivity contribution in [2.24, 2.45) is 0 Å². The smallest absolute Gasteiger partial charge is 0.0594 e. The largest absolute Gasteiger partial charge is 0.379 e. The van der Waals surface area contributed by atoms with Crippen molar-refractivity contribution in [3.8, 4) is 0 Å². The molecule has 3 nitrogen and oxygen atoms in total. The molecule has 1 saturated heterocycles. The summed E-state index contributed by atoms with van der Waals surface area (Å²) in [5.41, 5.74) is 2.12. The van der Waals surface area contributed by atoms with Gasteiger partial charge in [0, 0.05) is 52.8 Å². The van der Waals surface area contributed by atoms with Gasteiger partial charge in [0.15, 0.2) is 0 Å². The first-order valence-electron chi connectivity index (χ1n) is 9.41. The van der Waals surface area contributed by atoms with Crippen LogP contribution in [-0.4, -0.2) is 49.2 Å². The molecule has 2 aromatic rings. The number of hydrogen-bond donors (Lipinski definition) is 0. The van der Waals surface area contributed by atoms with Crippen LogP contribution >= 0.6 is 46.4 Å². The van der Waals surface area contributed by atoms with Gasteiger partial charge < -0.3 is 4.74 Å². The Morgan fingerprint density at radius 2 is 1.36 bits per heavy atom. The normalized spacial score (nSPS) is 15.3. The van der Waals surface area contributed by atoms with Crippen molar-refractivity contribution >= 4 is 46.4 Å². The molecule has 1 aliphatic rings. The Morgan fingerprint density at radius 3 is 1.86 bits per heavy atom. The van der Waals surface area contributed by atoms with E-state index in [-0.39, 0.29) is 0 Å². The van der Waals surface area contributed by atoms with Gasteiger partial charge in [0.2, 0.25) is 0 Å². The van der Waals surface area contributed by atoms with Crippen LogP contribution in [0.4, 0.5) is 0 Å². The molecule has 1 aliphatic heterocycles. The summed E-state index contributed by atoms with van der Waals surface area (Å²) in [5, 5.41) is 2.67. The number of benzene rings is 2. The van der Waals surface area contributed by atoms with E-state index < -0.39 is 0 Å². The van der Waals surface area contributed by atoms with E-state index in [4.69, 9.17) is 51.1 Å². The Balaban J connectivity index is 1.66. The molecule has 0 spiro atoms. The highest BCUT2D eigenvalue weighted by molar-refractivity contribution is 6.35. The van der Waals surface area contributed by atoms with E-state index in [9.17, 15) is 0 Å². The zero-order chi connectivity index (χ0) is 19.9. The Hall–Kier alpha value is -0.520. The first-order valence-corrected chi connectivity index (χ1v) is 10.9. The van der Waals surface area contributed by atoms with Crippen LogP contribution in [0.2, 0.25) is 20.1 Å². The maximum Gasteiger partial charge on any atom is 0.0594 e. The van der Waals surface area contributed by atoms with Gasteiger partial charge in [-0.1, -0.05) is 58.5 Å². The second-order valence-electron chi connectivity index (χ2n) is 6.99. The lowest BCUT2D eigenvalue weighted by Crippen LogP contribution is -2.38. The fourth-order valence-corrected chi connectivity index (χ4v) is 4.27. The van der Waals surface area contributed by atoms with Crippen molar-refractivity contribution in [3.63, 3.8) is 0 Å². The first-order chi connectivity index (χ1) is 13.5. The van der Waals surface area contributed by atoms with Crippen molar-refractivity contribution in [2.75, 3.05) is 39.4 Å². The van der Waals surface area contributed by atoms with Crippen LogP contribution in [0.25, 0.3) is 0 Å². The molecule has 0 radical (unpaired) electrons. The maximum absolute atomic E-state index is 6.41. The molecule has 0 saturated carbocycles. The Labute approximate surface area is 187 Å². The van der Waals surface area contributed by atoms with E-state index in [2.05, 4.69) is 9.80 Å². The second-order valence-corrected chi connectivity index (χ2v) is 8.68. The Bertz CT molecular complexity index is 727. The van der Waals surface area contributed by atoms with Crippen LogP contribution in [0.15, 0.2) is 36.4 Å². The highest BCUT2D eigenvalue weighted by Crippen LogP contribution is 2.26. The summed E-state index contributed by atoms with van der Waals surface area (Å²) in [7, 11) is 0. The molecule has 2 aromatic carbocycles.